The van der Waals surface area contributed by atoms with Crippen LogP contribution in [0.4, 0.5) is 0 Å². The van der Waals surface area contributed by atoms with Gasteiger partial charge in [-0.25, -0.2) is 0 Å². The van der Waals surface area contributed by atoms with Crippen molar-refractivity contribution in [3.8, 4) is 0 Å². The van der Waals surface area contributed by atoms with Crippen LogP contribution < -0.4 is 15.3 Å². The van der Waals surface area contributed by atoms with Crippen LogP contribution in [0.3, 0.4) is 0 Å². The van der Waals surface area contributed by atoms with Gasteiger partial charge in [-0.15, -0.1) is 0 Å². The van der Waals surface area contributed by atoms with Crippen molar-refractivity contribution in [2.24, 2.45) is 0 Å². The molecule has 0 saturated heterocycles. The van der Waals surface area contributed by atoms with Gasteiger partial charge in [-0.2, -0.15) is 0 Å². The second kappa shape index (κ2) is 51.5. The zero-order valence-corrected chi connectivity index (χ0v) is 20.7. The quantitative estimate of drug-likeness (QED) is 0.287. The van der Waals surface area contributed by atoms with Crippen LogP contribution >= 0.6 is 0 Å². The van der Waals surface area contributed by atoms with E-state index in [1.807, 2.05) is 47.9 Å². The third kappa shape index (κ3) is 65.3. The number of carbonyl (C=O) groups excluding carboxylic acids is 7. The molecule has 0 rings (SSSR count). The maximum absolute atomic E-state index is 9.88. The molecule has 0 aromatic heterocycles. The fourth-order valence-electron chi connectivity index (χ4n) is 1.21. The predicted octanol–water partition coefficient (Wildman–Crippen LogP) is -0.464. The van der Waals surface area contributed by atoms with Crippen molar-refractivity contribution >= 4 is 45.1 Å². The molecule has 0 heterocycles. The molecule has 0 atom stereocenters. The molecule has 0 saturated carbocycles. The number of hydrogen-bond acceptors (Lipinski definition) is 10. The van der Waals surface area contributed by atoms with Crippen molar-refractivity contribution < 1.29 is 66.0 Å². The van der Waals surface area contributed by atoms with E-state index in [1.54, 1.807) is 0 Å². The summed E-state index contributed by atoms with van der Waals surface area (Å²) >= 11 is 0. The van der Waals surface area contributed by atoms with Gasteiger partial charge in [-0.3, -0.25) is 0 Å². The molecule has 33 heavy (non-hydrogen) atoms. The Kier molecular flexibility index (Phi) is 81.1. The summed E-state index contributed by atoms with van der Waals surface area (Å²) in [5, 5.41) is 29.6. The van der Waals surface area contributed by atoms with Gasteiger partial charge >= 0.3 is 17.1 Å². The van der Waals surface area contributed by atoms with Gasteiger partial charge in [0, 0.05) is 0 Å². The number of carbonyl (C=O) groups is 7. The SMILES string of the molecule is C=C(CCC)C(=O)[O-].C=C(CCC)C(=O)[O-].C=C(CCC)C(=O)[O-].C=O.C=O.C=O.C=O.[Fe+3]. The zero-order chi connectivity index (χ0) is 27.7. The van der Waals surface area contributed by atoms with Crippen molar-refractivity contribution in [3.05, 3.63) is 36.5 Å². The Balaban J connectivity index is -0.0000000404. The fourth-order valence-corrected chi connectivity index (χ4v) is 1.21. The molecule has 0 fully saturated rings. The van der Waals surface area contributed by atoms with Gasteiger partial charge in [0.2, 0.25) is 0 Å². The van der Waals surface area contributed by atoms with Crippen LogP contribution in [0.25, 0.3) is 0 Å². The third-order valence-corrected chi connectivity index (χ3v) is 2.52. The van der Waals surface area contributed by atoms with Crippen LogP contribution in [0.5, 0.6) is 0 Å². The first-order valence-electron chi connectivity index (χ1n) is 8.87. The van der Waals surface area contributed by atoms with E-state index in [1.165, 1.54) is 0 Å². The van der Waals surface area contributed by atoms with Crippen LogP contribution in [0.2, 0.25) is 0 Å². The minimum absolute atomic E-state index is 0. The Hall–Kier alpha value is -3.17. The Morgan fingerprint density at radius 2 is 0.606 bits per heavy atom. The third-order valence-electron chi connectivity index (χ3n) is 2.52. The monoisotopic (exact) mass is 515 g/mol. The van der Waals surface area contributed by atoms with E-state index in [0.29, 0.717) is 19.3 Å². The van der Waals surface area contributed by atoms with Gasteiger partial charge in [0.1, 0.15) is 27.2 Å². The Morgan fingerprint density at radius 1 is 0.485 bits per heavy atom. The molecule has 0 bridgehead atoms. The van der Waals surface area contributed by atoms with E-state index in [2.05, 4.69) is 19.7 Å². The molecule has 0 aliphatic heterocycles. The fraction of sp³-hybridized carbons (Fsp3) is 0.409. The number of hydrogen-bond donors (Lipinski definition) is 0. The van der Waals surface area contributed by atoms with E-state index in [9.17, 15) is 29.7 Å². The Morgan fingerprint density at radius 3 is 0.636 bits per heavy atom. The first-order chi connectivity index (χ1) is 15.0. The number of carboxylic acids is 3. The summed E-state index contributed by atoms with van der Waals surface area (Å²) in [5.41, 5.74) is 0.563. The summed E-state index contributed by atoms with van der Waals surface area (Å²) in [5.74, 6) is -3.40. The molecule has 0 unspecified atom stereocenters. The number of rotatable bonds is 9. The molecule has 0 aliphatic rings. The Labute approximate surface area is 206 Å². The first kappa shape index (κ1) is 52.0. The molecule has 0 aromatic carbocycles. The van der Waals surface area contributed by atoms with Crippen LogP contribution in [0, 0.1) is 0 Å². The molecule has 0 spiro atoms. The molecule has 10 nitrogen and oxygen atoms in total. The van der Waals surface area contributed by atoms with Crippen LogP contribution in [0.1, 0.15) is 59.3 Å². The Bertz CT molecular complexity index is 445. The largest absolute Gasteiger partial charge is 3.00 e. The van der Waals surface area contributed by atoms with Gasteiger partial charge in [0.25, 0.3) is 0 Å². The number of carboxylic acid groups (broad SMARTS) is 3. The maximum atomic E-state index is 9.88. The molecule has 0 amide bonds. The summed E-state index contributed by atoms with van der Waals surface area (Å²) in [7, 11) is 0. The van der Waals surface area contributed by atoms with E-state index in [-0.39, 0.29) is 33.8 Å². The van der Waals surface area contributed by atoms with E-state index >= 15 is 0 Å². The topological polar surface area (TPSA) is 189 Å². The van der Waals surface area contributed by atoms with Gasteiger partial charge in [-0.1, -0.05) is 59.8 Å². The van der Waals surface area contributed by atoms with E-state index in [0.717, 1.165) is 19.3 Å². The second-order valence-corrected chi connectivity index (χ2v) is 4.92. The van der Waals surface area contributed by atoms with Gasteiger partial charge in [-0.05, 0) is 36.0 Å². The van der Waals surface area contributed by atoms with E-state index < -0.39 is 17.9 Å². The van der Waals surface area contributed by atoms with Crippen LogP contribution in [-0.2, 0) is 50.6 Å². The summed E-state index contributed by atoms with van der Waals surface area (Å²) in [6.45, 7) is 23.5. The van der Waals surface area contributed by atoms with Crippen molar-refractivity contribution in [2.45, 2.75) is 59.3 Å². The summed E-state index contributed by atoms with van der Waals surface area (Å²) in [6, 6.07) is 0. The average molecular weight is 515 g/mol. The molecule has 11 heteroatoms. The first-order valence-corrected chi connectivity index (χ1v) is 8.87. The summed E-state index contributed by atoms with van der Waals surface area (Å²) in [6.07, 6.45) is 4.03. The molecule has 0 aromatic rings. The maximum Gasteiger partial charge on any atom is 3.00 e. The van der Waals surface area contributed by atoms with Gasteiger partial charge < -0.3 is 48.9 Å². The minimum Gasteiger partial charge on any atom is -0.545 e. The van der Waals surface area contributed by atoms with Gasteiger partial charge in [0.05, 0.1) is 17.9 Å². The van der Waals surface area contributed by atoms with E-state index in [4.69, 9.17) is 19.2 Å². The molecule has 191 valence electrons. The standard InChI is InChI=1S/3C6H10O2.4CH2O.Fe/c3*1-3-4-5(2)6(7)8;4*1-2;/h3*2-4H2,1H3,(H,7,8);4*1H2;/q;;;;;;;+3/p-3. The molecule has 0 aliphatic carbocycles. The summed E-state index contributed by atoms with van der Waals surface area (Å²) in [4.78, 5) is 61.6. The normalized spacial score (nSPS) is 6.76. The average Bonchev–Trinajstić information content (AvgIpc) is 2.80. The van der Waals surface area contributed by atoms with Crippen LogP contribution in [0.15, 0.2) is 36.5 Å². The zero-order valence-electron chi connectivity index (χ0n) is 19.6. The van der Waals surface area contributed by atoms with Gasteiger partial charge in [0.15, 0.2) is 0 Å². The summed E-state index contributed by atoms with van der Waals surface area (Å²) < 4.78 is 0. The molecule has 0 N–H and O–H groups in total. The minimum atomic E-state index is -1.13. The number of aliphatic carboxylic acids is 3. The van der Waals surface area contributed by atoms with Crippen molar-refractivity contribution in [1.29, 1.82) is 0 Å². The van der Waals surface area contributed by atoms with Crippen molar-refractivity contribution in [1.82, 2.24) is 0 Å². The molecular formula is C22H35FeO10. The molecular weight excluding hydrogens is 480 g/mol. The second-order valence-electron chi connectivity index (χ2n) is 4.92. The molecule has 1 radical (unpaired) electrons. The van der Waals surface area contributed by atoms with Crippen molar-refractivity contribution in [2.75, 3.05) is 0 Å². The smallest absolute Gasteiger partial charge is 0.545 e. The predicted molar refractivity (Wildman–Crippen MR) is 116 cm³/mol. The van der Waals surface area contributed by atoms with Crippen LogP contribution in [-0.4, -0.2) is 45.1 Å². The van der Waals surface area contributed by atoms with Crippen molar-refractivity contribution in [3.63, 3.8) is 0 Å².